The quantitative estimate of drug-likeness (QED) is 0.181. The van der Waals surface area contributed by atoms with Crippen molar-refractivity contribution < 1.29 is 28.0 Å². The van der Waals surface area contributed by atoms with Gasteiger partial charge in [-0.3, -0.25) is 34.4 Å². The van der Waals surface area contributed by atoms with Crippen molar-refractivity contribution in [2.24, 2.45) is 5.92 Å². The summed E-state index contributed by atoms with van der Waals surface area (Å²) in [6, 6.07) is 15.0. The van der Waals surface area contributed by atoms with Gasteiger partial charge >= 0.3 is 0 Å². The van der Waals surface area contributed by atoms with Crippen LogP contribution in [0.1, 0.15) is 61.0 Å². The number of rotatable bonds is 8. The Morgan fingerprint density at radius 2 is 1.65 bits per heavy atom. The first-order chi connectivity index (χ1) is 29.9. The molecule has 4 aromatic rings. The number of imide groups is 1. The number of amides is 4. The maximum absolute atomic E-state index is 15.7. The van der Waals surface area contributed by atoms with E-state index >= 15 is 8.78 Å². The summed E-state index contributed by atoms with van der Waals surface area (Å²) in [5.41, 5.74) is 4.95. The van der Waals surface area contributed by atoms with Crippen LogP contribution in [0.25, 0.3) is 15.7 Å². The predicted molar refractivity (Wildman–Crippen MR) is 232 cm³/mol. The highest BCUT2D eigenvalue weighted by molar-refractivity contribution is 6.05. The summed E-state index contributed by atoms with van der Waals surface area (Å²) in [4.78, 5) is 71.3. The summed E-state index contributed by atoms with van der Waals surface area (Å²) in [5, 5.41) is 3.24. The number of hydrogen-bond acceptors (Lipinski definition) is 9. The number of aromatic nitrogens is 1. The third kappa shape index (κ3) is 7.92. The Labute approximate surface area is 360 Å². The normalized spacial score (nSPS) is 22.6. The molecule has 6 heterocycles. The van der Waals surface area contributed by atoms with Gasteiger partial charge in [-0.25, -0.2) is 13.6 Å². The van der Waals surface area contributed by atoms with Crippen molar-refractivity contribution >= 4 is 57.3 Å². The van der Waals surface area contributed by atoms with Gasteiger partial charge in [0, 0.05) is 124 Å². The predicted octanol–water partition coefficient (Wildman–Crippen LogP) is 5.53. The summed E-state index contributed by atoms with van der Waals surface area (Å²) >= 11 is 0. The Bertz CT molecular complexity index is 2480. The molecule has 4 fully saturated rings. The lowest BCUT2D eigenvalue weighted by Gasteiger charge is -2.45. The van der Waals surface area contributed by atoms with Gasteiger partial charge in [-0.05, 0) is 81.0 Å². The highest BCUT2D eigenvalue weighted by Gasteiger charge is 2.40. The van der Waals surface area contributed by atoms with Gasteiger partial charge in [0.1, 0.15) is 17.7 Å². The minimum absolute atomic E-state index is 0.0543. The third-order valence-electron chi connectivity index (χ3n) is 13.6. The van der Waals surface area contributed by atoms with Crippen molar-refractivity contribution in [3.63, 3.8) is 0 Å². The molecule has 5 aliphatic heterocycles. The van der Waals surface area contributed by atoms with Gasteiger partial charge in [0.2, 0.25) is 23.4 Å². The molecule has 5 aliphatic rings. The van der Waals surface area contributed by atoms with Crippen molar-refractivity contribution in [2.75, 3.05) is 73.6 Å². The van der Waals surface area contributed by atoms with Gasteiger partial charge in [-0.1, -0.05) is 12.1 Å². The molecule has 0 radical (unpaired) electrons. The van der Waals surface area contributed by atoms with E-state index < -0.39 is 23.6 Å². The number of fused-ring (bicyclic) bond motifs is 2. The molecule has 3 aromatic carbocycles. The zero-order valence-electron chi connectivity index (χ0n) is 35.2. The Morgan fingerprint density at radius 3 is 2.40 bits per heavy atom. The summed E-state index contributed by atoms with van der Waals surface area (Å²) in [6.07, 6.45) is 3.75. The fourth-order valence-corrected chi connectivity index (χ4v) is 10.2. The largest absolute Gasteiger partial charge is 0.369 e. The standard InChI is InChI=1S/C47H51F2N9O4/c1-29-26-57(30(2)25-56(29)40-9-8-39(50-3)45-36(40)5-4-14-51-45)44(60)23-32-22-38(49)42(24-37(32)48)55-15-12-31(13-16-55)27-53-17-19-54(20-18-53)34-6-7-35-33(21-34)28-58(47(35)62)41-10-11-43(59)52-46(41)61/h4-9,14,21-22,24,29-31,41H,10-13,15-20,23,25-28H2,1-2H3,(H,52,59,61)/t29-,30+,41-/m0/s1. The molecule has 9 rings (SSSR count). The topological polar surface area (TPSA) is 117 Å². The number of benzene rings is 3. The first kappa shape index (κ1) is 41.2. The van der Waals surface area contributed by atoms with Crippen LogP contribution in [0.4, 0.5) is 31.5 Å². The van der Waals surface area contributed by atoms with Crippen molar-refractivity contribution in [2.45, 2.75) is 70.6 Å². The molecule has 0 saturated carbocycles. The highest BCUT2D eigenvalue weighted by atomic mass is 19.1. The average Bonchev–Trinajstić information content (AvgIpc) is 3.60. The molecule has 15 heteroatoms. The number of carbonyl (C=O) groups excluding carboxylic acids is 4. The van der Waals surface area contributed by atoms with Gasteiger partial charge in [-0.2, -0.15) is 0 Å². The van der Waals surface area contributed by atoms with Gasteiger partial charge in [0.05, 0.1) is 24.2 Å². The zero-order valence-corrected chi connectivity index (χ0v) is 35.2. The van der Waals surface area contributed by atoms with Crippen molar-refractivity contribution in [1.29, 1.82) is 0 Å². The number of nitrogens with zero attached hydrogens (tertiary/aromatic N) is 8. The summed E-state index contributed by atoms with van der Waals surface area (Å²) in [6.45, 7) is 18.5. The number of piperazine rings is 2. The molecular weight excluding hydrogens is 793 g/mol. The Kier molecular flexibility index (Phi) is 11.3. The molecule has 0 spiro atoms. The number of nitrogens with one attached hydrogen (secondary N) is 1. The van der Waals surface area contributed by atoms with Gasteiger partial charge in [0.25, 0.3) is 5.91 Å². The lowest BCUT2D eigenvalue weighted by atomic mass is 9.95. The lowest BCUT2D eigenvalue weighted by molar-refractivity contribution is -0.137. The number of carbonyl (C=O) groups is 4. The zero-order chi connectivity index (χ0) is 43.2. The molecule has 0 bridgehead atoms. The fraction of sp³-hybridized carbons (Fsp3) is 0.447. The minimum Gasteiger partial charge on any atom is -0.369 e. The molecule has 3 atom stereocenters. The Hall–Kier alpha value is -6.14. The van der Waals surface area contributed by atoms with E-state index in [0.29, 0.717) is 61.8 Å². The van der Waals surface area contributed by atoms with Gasteiger partial charge < -0.3 is 24.5 Å². The van der Waals surface area contributed by atoms with E-state index in [2.05, 4.69) is 35.9 Å². The molecule has 4 amide bonds. The van der Waals surface area contributed by atoms with Crippen molar-refractivity contribution in [3.05, 3.63) is 101 Å². The van der Waals surface area contributed by atoms with Crippen LogP contribution in [-0.2, 0) is 27.3 Å². The van der Waals surface area contributed by atoms with E-state index in [4.69, 9.17) is 6.57 Å². The first-order valence-electron chi connectivity index (χ1n) is 21.7. The maximum atomic E-state index is 15.7. The average molecular weight is 844 g/mol. The van der Waals surface area contributed by atoms with Crippen LogP contribution in [0.15, 0.2) is 60.8 Å². The highest BCUT2D eigenvalue weighted by Crippen LogP contribution is 2.36. The van der Waals surface area contributed by atoms with Crippen LogP contribution >= 0.6 is 0 Å². The third-order valence-corrected chi connectivity index (χ3v) is 13.6. The van der Waals surface area contributed by atoms with E-state index in [9.17, 15) is 19.2 Å². The molecule has 62 heavy (non-hydrogen) atoms. The molecule has 0 unspecified atom stereocenters. The number of anilines is 3. The molecule has 322 valence electrons. The second kappa shape index (κ2) is 17.0. The molecule has 13 nitrogen and oxygen atoms in total. The molecule has 0 aliphatic carbocycles. The number of halogens is 2. The second-order valence-electron chi connectivity index (χ2n) is 17.5. The van der Waals surface area contributed by atoms with E-state index in [1.807, 2.05) is 49.1 Å². The van der Waals surface area contributed by atoms with Crippen molar-refractivity contribution in [3.8, 4) is 0 Å². The van der Waals surface area contributed by atoms with Gasteiger partial charge in [-0.15, -0.1) is 0 Å². The van der Waals surface area contributed by atoms with Gasteiger partial charge in [0.15, 0.2) is 0 Å². The van der Waals surface area contributed by atoms with Crippen molar-refractivity contribution in [1.82, 2.24) is 25.0 Å². The second-order valence-corrected chi connectivity index (χ2v) is 17.5. The lowest BCUT2D eigenvalue weighted by Crippen LogP contribution is -2.58. The maximum Gasteiger partial charge on any atom is 0.255 e. The number of hydrogen-bond donors (Lipinski definition) is 1. The van der Waals surface area contributed by atoms with Crippen LogP contribution in [0.3, 0.4) is 0 Å². The van der Waals surface area contributed by atoms with Crippen LogP contribution < -0.4 is 20.0 Å². The Morgan fingerprint density at radius 1 is 0.855 bits per heavy atom. The van der Waals surface area contributed by atoms with E-state index in [1.54, 1.807) is 22.1 Å². The first-order valence-corrected chi connectivity index (χ1v) is 21.7. The van der Waals surface area contributed by atoms with E-state index in [-0.39, 0.29) is 53.9 Å². The minimum atomic E-state index is -0.633. The molecule has 4 saturated heterocycles. The van der Waals surface area contributed by atoms with E-state index in [1.165, 1.54) is 12.1 Å². The van der Waals surface area contributed by atoms with Crippen LogP contribution in [0.2, 0.25) is 0 Å². The van der Waals surface area contributed by atoms with Crippen LogP contribution in [0.5, 0.6) is 0 Å². The molecular formula is C47H51F2N9O4. The monoisotopic (exact) mass is 843 g/mol. The van der Waals surface area contributed by atoms with Crippen LogP contribution in [-0.4, -0.2) is 120 Å². The van der Waals surface area contributed by atoms with Crippen LogP contribution in [0, 0.1) is 24.1 Å². The molecule has 1 aromatic heterocycles. The summed E-state index contributed by atoms with van der Waals surface area (Å²) < 4.78 is 31.4. The fourth-order valence-electron chi connectivity index (χ4n) is 10.2. The smallest absolute Gasteiger partial charge is 0.255 e. The SMILES string of the molecule is [C-]#[N+]c1ccc(N2C[C@@H](C)N(C(=O)Cc3cc(F)c(N4CCC(CN5CCN(c6ccc7c(c6)CN([C@H]6CCC(=O)NC6=O)C7=O)CC5)CC4)cc3F)C[C@@H]2C)c2cccnc12. The number of pyridine rings is 1. The number of piperidine rings is 2. The molecule has 1 N–H and O–H groups in total. The Balaban J connectivity index is 0.749. The summed E-state index contributed by atoms with van der Waals surface area (Å²) in [5.74, 6) is -1.78. The summed E-state index contributed by atoms with van der Waals surface area (Å²) in [7, 11) is 0. The van der Waals surface area contributed by atoms with E-state index in [0.717, 1.165) is 67.9 Å².